The molecule has 0 spiro atoms. The smallest absolute Gasteiger partial charge is 0.136 e. The number of rotatable bonds is 5. The van der Waals surface area contributed by atoms with Crippen LogP contribution in [0, 0.1) is 0 Å². The predicted molar refractivity (Wildman–Crippen MR) is 210 cm³/mol. The van der Waals surface area contributed by atoms with E-state index in [1.54, 1.807) is 0 Å². The van der Waals surface area contributed by atoms with Crippen molar-refractivity contribution in [3.63, 3.8) is 0 Å². The lowest BCUT2D eigenvalue weighted by Gasteiger charge is -2.11. The number of para-hydroxylation sites is 2. The number of benzene rings is 8. The molecular weight excluding hydrogens is 607 g/mol. The predicted octanol–water partition coefficient (Wildman–Crippen LogP) is 13.4. The van der Waals surface area contributed by atoms with Crippen LogP contribution in [0.15, 0.2) is 192 Å². The molecule has 2 heterocycles. The van der Waals surface area contributed by atoms with Crippen LogP contribution in [0.25, 0.3) is 93.9 Å². The quantitative estimate of drug-likeness (QED) is 0.184. The lowest BCUT2D eigenvalue weighted by atomic mass is 9.98. The molecule has 0 bridgehead atoms. The Hall–Kier alpha value is -6.64. The van der Waals surface area contributed by atoms with Crippen LogP contribution in [0.4, 0.5) is 0 Å². The van der Waals surface area contributed by atoms with Crippen molar-refractivity contribution in [2.45, 2.75) is 0 Å². The van der Waals surface area contributed by atoms with Gasteiger partial charge in [-0.05, 0) is 99.1 Å². The molecular formula is C48H31NO. The molecule has 50 heavy (non-hydrogen) atoms. The van der Waals surface area contributed by atoms with E-state index in [4.69, 9.17) is 4.42 Å². The molecule has 2 heteroatoms. The molecule has 2 aromatic heterocycles. The lowest BCUT2D eigenvalue weighted by molar-refractivity contribution is 0.669. The fraction of sp³-hybridized carbons (Fsp3) is 0. The average Bonchev–Trinajstić information content (AvgIpc) is 3.73. The molecule has 234 valence electrons. The largest absolute Gasteiger partial charge is 0.456 e. The van der Waals surface area contributed by atoms with Crippen LogP contribution in [0.5, 0.6) is 0 Å². The van der Waals surface area contributed by atoms with Crippen LogP contribution in [0.1, 0.15) is 0 Å². The van der Waals surface area contributed by atoms with E-state index in [-0.39, 0.29) is 0 Å². The van der Waals surface area contributed by atoms with E-state index in [1.165, 1.54) is 60.8 Å². The molecule has 8 aromatic carbocycles. The van der Waals surface area contributed by atoms with Crippen molar-refractivity contribution in [3.8, 4) is 50.2 Å². The van der Waals surface area contributed by atoms with Gasteiger partial charge in [0.15, 0.2) is 0 Å². The van der Waals surface area contributed by atoms with Crippen molar-refractivity contribution in [3.05, 3.63) is 188 Å². The number of hydrogen-bond acceptors (Lipinski definition) is 1. The van der Waals surface area contributed by atoms with Crippen LogP contribution in [-0.2, 0) is 0 Å². The van der Waals surface area contributed by atoms with Gasteiger partial charge in [-0.1, -0.05) is 133 Å². The summed E-state index contributed by atoms with van der Waals surface area (Å²) >= 11 is 0. The Morgan fingerprint density at radius 3 is 1.58 bits per heavy atom. The van der Waals surface area contributed by atoms with Gasteiger partial charge in [-0.3, -0.25) is 0 Å². The summed E-state index contributed by atoms with van der Waals surface area (Å²) in [5, 5.41) is 4.81. The Morgan fingerprint density at radius 1 is 0.280 bits per heavy atom. The minimum atomic E-state index is 0.918. The number of aromatic nitrogens is 1. The molecule has 0 amide bonds. The molecule has 10 aromatic rings. The van der Waals surface area contributed by atoms with Gasteiger partial charge in [-0.2, -0.15) is 0 Å². The van der Waals surface area contributed by atoms with E-state index in [0.29, 0.717) is 0 Å². The van der Waals surface area contributed by atoms with Gasteiger partial charge >= 0.3 is 0 Å². The van der Waals surface area contributed by atoms with Crippen molar-refractivity contribution in [2.75, 3.05) is 0 Å². The Labute approximate surface area is 290 Å². The van der Waals surface area contributed by atoms with E-state index < -0.39 is 0 Å². The first-order valence-corrected chi connectivity index (χ1v) is 17.1. The summed E-state index contributed by atoms with van der Waals surface area (Å²) in [6.07, 6.45) is 0. The maximum atomic E-state index is 6.15. The van der Waals surface area contributed by atoms with Gasteiger partial charge in [0.2, 0.25) is 0 Å². The van der Waals surface area contributed by atoms with E-state index in [9.17, 15) is 0 Å². The van der Waals surface area contributed by atoms with Crippen molar-refractivity contribution in [2.24, 2.45) is 0 Å². The lowest BCUT2D eigenvalue weighted by Crippen LogP contribution is -1.93. The van der Waals surface area contributed by atoms with Crippen molar-refractivity contribution in [1.82, 2.24) is 4.57 Å². The van der Waals surface area contributed by atoms with Crippen molar-refractivity contribution < 1.29 is 4.42 Å². The minimum Gasteiger partial charge on any atom is -0.456 e. The average molecular weight is 638 g/mol. The highest BCUT2D eigenvalue weighted by Gasteiger charge is 2.14. The summed E-state index contributed by atoms with van der Waals surface area (Å²) in [7, 11) is 0. The molecule has 0 saturated carbocycles. The first kappa shape index (κ1) is 28.4. The zero-order valence-corrected chi connectivity index (χ0v) is 27.3. The SMILES string of the molecule is c1ccc(-c2cccc(-c3ccc4c(c3)c3ccccc3n4-c3ccc(-c4ccc(-c5ccc6c(c5)oc5ccccc56)cc4)cc3)c2)cc1. The zero-order chi connectivity index (χ0) is 33.0. The first-order chi connectivity index (χ1) is 24.8. The zero-order valence-electron chi connectivity index (χ0n) is 27.3. The fourth-order valence-corrected chi connectivity index (χ4v) is 7.50. The highest BCUT2D eigenvalue weighted by atomic mass is 16.3. The number of fused-ring (bicyclic) bond motifs is 6. The second kappa shape index (κ2) is 11.5. The monoisotopic (exact) mass is 637 g/mol. The molecule has 0 unspecified atom stereocenters. The van der Waals surface area contributed by atoms with E-state index in [0.717, 1.165) is 33.2 Å². The Morgan fingerprint density at radius 2 is 0.780 bits per heavy atom. The van der Waals surface area contributed by atoms with E-state index in [1.807, 2.05) is 12.1 Å². The fourth-order valence-electron chi connectivity index (χ4n) is 7.50. The van der Waals surface area contributed by atoms with Gasteiger partial charge in [-0.25, -0.2) is 0 Å². The van der Waals surface area contributed by atoms with Crippen molar-refractivity contribution in [1.29, 1.82) is 0 Å². The summed E-state index contributed by atoms with van der Waals surface area (Å²) in [6.45, 7) is 0. The molecule has 2 nitrogen and oxygen atoms in total. The third-order valence-corrected chi connectivity index (χ3v) is 10.0. The van der Waals surface area contributed by atoms with Crippen LogP contribution < -0.4 is 0 Å². The van der Waals surface area contributed by atoms with Gasteiger partial charge in [0.05, 0.1) is 11.0 Å². The van der Waals surface area contributed by atoms with E-state index >= 15 is 0 Å². The van der Waals surface area contributed by atoms with Crippen molar-refractivity contribution >= 4 is 43.7 Å². The molecule has 10 rings (SSSR count). The Kier molecular flexibility index (Phi) is 6.53. The Bertz CT molecular complexity index is 2840. The van der Waals surface area contributed by atoms with Gasteiger partial charge in [0.25, 0.3) is 0 Å². The summed E-state index contributed by atoms with van der Waals surface area (Å²) in [4.78, 5) is 0. The summed E-state index contributed by atoms with van der Waals surface area (Å²) in [6, 6.07) is 67.5. The van der Waals surface area contributed by atoms with Crippen LogP contribution >= 0.6 is 0 Å². The molecule has 0 aliphatic carbocycles. The third kappa shape index (κ3) is 4.73. The topological polar surface area (TPSA) is 18.1 Å². The number of hydrogen-bond donors (Lipinski definition) is 0. The second-order valence-corrected chi connectivity index (χ2v) is 13.0. The van der Waals surface area contributed by atoms with Gasteiger partial charge in [0, 0.05) is 27.2 Å². The minimum absolute atomic E-state index is 0.918. The van der Waals surface area contributed by atoms with Crippen LogP contribution in [0.3, 0.4) is 0 Å². The summed E-state index contributed by atoms with van der Waals surface area (Å²) < 4.78 is 8.53. The normalized spacial score (nSPS) is 11.6. The van der Waals surface area contributed by atoms with Gasteiger partial charge in [0.1, 0.15) is 11.2 Å². The van der Waals surface area contributed by atoms with Crippen LogP contribution in [-0.4, -0.2) is 4.57 Å². The second-order valence-electron chi connectivity index (χ2n) is 13.0. The standard InChI is InChI=1S/C48H31NO/c1-2-9-32(10-3-1)36-11-8-12-37(29-36)38-24-28-46-44(30-38)41-13-4-6-15-45(41)49(46)40-25-21-34(22-26-40)33-17-19-35(20-18-33)39-23-27-43-42-14-5-7-16-47(42)50-48(43)31-39/h1-31H. The molecule has 0 N–H and O–H groups in total. The highest BCUT2D eigenvalue weighted by molar-refractivity contribution is 6.10. The third-order valence-electron chi connectivity index (χ3n) is 10.0. The summed E-state index contributed by atoms with van der Waals surface area (Å²) in [5.74, 6) is 0. The van der Waals surface area contributed by atoms with Gasteiger partial charge in [-0.15, -0.1) is 0 Å². The maximum absolute atomic E-state index is 6.15. The number of furan rings is 1. The molecule has 0 saturated heterocycles. The molecule has 0 radical (unpaired) electrons. The van der Waals surface area contributed by atoms with E-state index in [2.05, 4.69) is 180 Å². The highest BCUT2D eigenvalue weighted by Crippen LogP contribution is 2.37. The Balaban J connectivity index is 0.975. The maximum Gasteiger partial charge on any atom is 0.136 e. The molecule has 0 aliphatic heterocycles. The number of nitrogens with zero attached hydrogens (tertiary/aromatic N) is 1. The van der Waals surface area contributed by atoms with Crippen LogP contribution in [0.2, 0.25) is 0 Å². The molecule has 0 aliphatic rings. The molecule has 0 atom stereocenters. The van der Waals surface area contributed by atoms with Gasteiger partial charge < -0.3 is 8.98 Å². The first-order valence-electron chi connectivity index (χ1n) is 17.1. The molecule has 0 fully saturated rings. The summed E-state index contributed by atoms with van der Waals surface area (Å²) in [5.41, 5.74) is 15.0.